The SMILES string of the molecule is CC(C)N(C)CCCCNc1ccnc2cc(Cl)ccc12. The van der Waals surface area contributed by atoms with Gasteiger partial charge in [0.2, 0.25) is 0 Å². The van der Waals surface area contributed by atoms with Gasteiger partial charge < -0.3 is 10.2 Å². The molecule has 2 rings (SSSR count). The van der Waals surface area contributed by atoms with Gasteiger partial charge in [0.1, 0.15) is 0 Å². The fraction of sp³-hybridized carbons (Fsp3) is 0.471. The lowest BCUT2D eigenvalue weighted by molar-refractivity contribution is 0.269. The van der Waals surface area contributed by atoms with Gasteiger partial charge in [0.25, 0.3) is 0 Å². The Bertz CT molecular complexity index is 583. The average Bonchev–Trinajstić information content (AvgIpc) is 2.46. The van der Waals surface area contributed by atoms with Gasteiger partial charge in [-0.05, 0) is 64.5 Å². The molecule has 2 aromatic rings. The lowest BCUT2D eigenvalue weighted by Crippen LogP contribution is -2.27. The quantitative estimate of drug-likeness (QED) is 0.767. The van der Waals surface area contributed by atoms with Crippen LogP contribution < -0.4 is 5.32 Å². The van der Waals surface area contributed by atoms with Crippen molar-refractivity contribution >= 4 is 28.2 Å². The molecule has 4 heteroatoms. The zero-order valence-electron chi connectivity index (χ0n) is 13.1. The fourth-order valence-electron chi connectivity index (χ4n) is 2.24. The maximum absolute atomic E-state index is 6.01. The number of halogens is 1. The third kappa shape index (κ3) is 4.58. The Labute approximate surface area is 132 Å². The summed E-state index contributed by atoms with van der Waals surface area (Å²) in [6.45, 7) is 6.58. The topological polar surface area (TPSA) is 28.2 Å². The molecule has 0 radical (unpaired) electrons. The van der Waals surface area contributed by atoms with Gasteiger partial charge in [-0.25, -0.2) is 0 Å². The molecule has 0 saturated heterocycles. The number of hydrogen-bond acceptors (Lipinski definition) is 3. The highest BCUT2D eigenvalue weighted by Gasteiger charge is 2.04. The van der Waals surface area contributed by atoms with Crippen molar-refractivity contribution in [3.05, 3.63) is 35.5 Å². The van der Waals surface area contributed by atoms with Crippen molar-refractivity contribution < 1.29 is 0 Å². The van der Waals surface area contributed by atoms with E-state index in [9.17, 15) is 0 Å². The van der Waals surface area contributed by atoms with E-state index in [-0.39, 0.29) is 0 Å². The molecule has 0 amide bonds. The second kappa shape index (κ2) is 7.62. The van der Waals surface area contributed by atoms with Crippen LogP contribution in [0.25, 0.3) is 10.9 Å². The van der Waals surface area contributed by atoms with Gasteiger partial charge in [-0.1, -0.05) is 11.6 Å². The largest absolute Gasteiger partial charge is 0.384 e. The van der Waals surface area contributed by atoms with Crippen LogP contribution in [0, 0.1) is 0 Å². The van der Waals surface area contributed by atoms with E-state index in [1.807, 2.05) is 30.5 Å². The number of aromatic nitrogens is 1. The first-order valence-electron chi connectivity index (χ1n) is 7.56. The van der Waals surface area contributed by atoms with E-state index in [1.54, 1.807) is 0 Å². The number of benzene rings is 1. The maximum atomic E-state index is 6.01. The first kappa shape index (κ1) is 16.1. The highest BCUT2D eigenvalue weighted by Crippen LogP contribution is 2.24. The number of anilines is 1. The van der Waals surface area contributed by atoms with Crippen molar-refractivity contribution in [2.24, 2.45) is 0 Å². The first-order valence-corrected chi connectivity index (χ1v) is 7.94. The summed E-state index contributed by atoms with van der Waals surface area (Å²) in [4.78, 5) is 6.74. The van der Waals surface area contributed by atoms with Crippen LogP contribution in [0.4, 0.5) is 5.69 Å². The predicted octanol–water partition coefficient (Wildman–Crippen LogP) is 4.42. The predicted molar refractivity (Wildman–Crippen MR) is 92.2 cm³/mol. The van der Waals surface area contributed by atoms with Crippen molar-refractivity contribution in [2.75, 3.05) is 25.5 Å². The third-order valence-corrected chi connectivity index (χ3v) is 4.07. The van der Waals surface area contributed by atoms with Crippen LogP contribution in [0.15, 0.2) is 30.5 Å². The lowest BCUT2D eigenvalue weighted by Gasteiger charge is -2.20. The molecule has 0 aliphatic heterocycles. The fourth-order valence-corrected chi connectivity index (χ4v) is 2.41. The molecule has 1 aromatic carbocycles. The Hall–Kier alpha value is -1.32. The highest BCUT2D eigenvalue weighted by molar-refractivity contribution is 6.31. The second-order valence-corrected chi connectivity index (χ2v) is 6.16. The van der Waals surface area contributed by atoms with Gasteiger partial charge >= 0.3 is 0 Å². The molecule has 1 aromatic heterocycles. The smallest absolute Gasteiger partial charge is 0.0737 e. The van der Waals surface area contributed by atoms with Crippen LogP contribution in [0.5, 0.6) is 0 Å². The molecule has 1 heterocycles. The minimum absolute atomic E-state index is 0.617. The molecule has 3 nitrogen and oxygen atoms in total. The average molecular weight is 306 g/mol. The molecule has 0 unspecified atom stereocenters. The van der Waals surface area contributed by atoms with E-state index in [1.165, 1.54) is 6.42 Å². The summed E-state index contributed by atoms with van der Waals surface area (Å²) in [5.41, 5.74) is 2.07. The second-order valence-electron chi connectivity index (χ2n) is 5.73. The van der Waals surface area contributed by atoms with Gasteiger partial charge in [0, 0.05) is 34.9 Å². The highest BCUT2D eigenvalue weighted by atomic mass is 35.5. The van der Waals surface area contributed by atoms with E-state index in [2.05, 4.69) is 36.1 Å². The molecule has 0 saturated carbocycles. The number of pyridine rings is 1. The Kier molecular flexibility index (Phi) is 5.83. The Morgan fingerprint density at radius 3 is 2.81 bits per heavy atom. The van der Waals surface area contributed by atoms with Crippen molar-refractivity contribution in [3.63, 3.8) is 0 Å². The van der Waals surface area contributed by atoms with Crippen molar-refractivity contribution in [3.8, 4) is 0 Å². The van der Waals surface area contributed by atoms with Crippen LogP contribution in [-0.4, -0.2) is 36.1 Å². The van der Waals surface area contributed by atoms with Crippen molar-refractivity contribution in [1.82, 2.24) is 9.88 Å². The number of hydrogen-bond donors (Lipinski definition) is 1. The van der Waals surface area contributed by atoms with Crippen LogP contribution in [0.2, 0.25) is 5.02 Å². The molecular weight excluding hydrogens is 282 g/mol. The zero-order valence-corrected chi connectivity index (χ0v) is 13.8. The Morgan fingerprint density at radius 1 is 1.24 bits per heavy atom. The summed E-state index contributed by atoms with van der Waals surface area (Å²) in [7, 11) is 2.18. The van der Waals surface area contributed by atoms with Gasteiger partial charge in [-0.3, -0.25) is 4.98 Å². The molecule has 0 spiro atoms. The first-order chi connectivity index (χ1) is 10.1. The molecule has 1 N–H and O–H groups in total. The van der Waals surface area contributed by atoms with Gasteiger partial charge in [0.15, 0.2) is 0 Å². The minimum atomic E-state index is 0.617. The summed E-state index contributed by atoms with van der Waals surface area (Å²) in [5, 5.41) is 5.36. The van der Waals surface area contributed by atoms with Crippen LogP contribution in [0.1, 0.15) is 26.7 Å². The third-order valence-electron chi connectivity index (χ3n) is 3.84. The summed E-state index contributed by atoms with van der Waals surface area (Å²) < 4.78 is 0. The van der Waals surface area contributed by atoms with Gasteiger partial charge in [0.05, 0.1) is 5.52 Å². The van der Waals surface area contributed by atoms with E-state index >= 15 is 0 Å². The molecule has 0 aliphatic carbocycles. The monoisotopic (exact) mass is 305 g/mol. The zero-order chi connectivity index (χ0) is 15.2. The minimum Gasteiger partial charge on any atom is -0.384 e. The number of unbranched alkanes of at least 4 members (excludes halogenated alkanes) is 1. The molecule has 0 bridgehead atoms. The van der Waals surface area contributed by atoms with Crippen LogP contribution >= 0.6 is 11.6 Å². The van der Waals surface area contributed by atoms with Gasteiger partial charge in [-0.15, -0.1) is 0 Å². The van der Waals surface area contributed by atoms with E-state index in [0.717, 1.165) is 41.1 Å². The van der Waals surface area contributed by atoms with Crippen molar-refractivity contribution in [2.45, 2.75) is 32.7 Å². The molecule has 0 aliphatic rings. The molecule has 21 heavy (non-hydrogen) atoms. The van der Waals surface area contributed by atoms with E-state index < -0.39 is 0 Å². The summed E-state index contributed by atoms with van der Waals surface area (Å²) in [5.74, 6) is 0. The normalized spacial score (nSPS) is 11.5. The summed E-state index contributed by atoms with van der Waals surface area (Å²) >= 11 is 6.01. The maximum Gasteiger partial charge on any atom is 0.0737 e. The van der Waals surface area contributed by atoms with Crippen LogP contribution in [0.3, 0.4) is 0 Å². The molecule has 0 fully saturated rings. The Morgan fingerprint density at radius 2 is 2.05 bits per heavy atom. The van der Waals surface area contributed by atoms with Gasteiger partial charge in [-0.2, -0.15) is 0 Å². The van der Waals surface area contributed by atoms with Crippen molar-refractivity contribution in [1.29, 1.82) is 0 Å². The summed E-state index contributed by atoms with van der Waals surface area (Å²) in [6, 6.07) is 8.48. The molecule has 114 valence electrons. The van der Waals surface area contributed by atoms with E-state index in [4.69, 9.17) is 11.6 Å². The number of rotatable bonds is 7. The number of fused-ring (bicyclic) bond motifs is 1. The number of nitrogens with one attached hydrogen (secondary N) is 1. The lowest BCUT2D eigenvalue weighted by atomic mass is 10.2. The summed E-state index contributed by atoms with van der Waals surface area (Å²) in [6.07, 6.45) is 4.19. The number of nitrogens with zero attached hydrogens (tertiary/aromatic N) is 2. The van der Waals surface area contributed by atoms with Crippen LogP contribution in [-0.2, 0) is 0 Å². The molecular formula is C17H24ClN3. The standard InChI is InChI=1S/C17H24ClN3/c1-13(2)21(3)11-5-4-9-19-16-8-10-20-17-12-14(18)6-7-15(16)17/h6-8,10,12-13H,4-5,9,11H2,1-3H3,(H,19,20). The van der Waals surface area contributed by atoms with E-state index in [0.29, 0.717) is 6.04 Å². The molecule has 0 atom stereocenters. The Balaban J connectivity index is 1.86.